The third kappa shape index (κ3) is 4.05. The quantitative estimate of drug-likeness (QED) is 0.908. The molecular formula is C16H21F2N5O. The van der Waals surface area contributed by atoms with E-state index < -0.39 is 5.92 Å². The van der Waals surface area contributed by atoms with Crippen LogP contribution in [0.3, 0.4) is 0 Å². The number of rotatable bonds is 5. The van der Waals surface area contributed by atoms with Gasteiger partial charge in [0.05, 0.1) is 18.0 Å². The highest BCUT2D eigenvalue weighted by Crippen LogP contribution is 2.33. The van der Waals surface area contributed by atoms with Gasteiger partial charge in [0, 0.05) is 38.3 Å². The van der Waals surface area contributed by atoms with Crippen molar-refractivity contribution in [2.75, 3.05) is 12.4 Å². The van der Waals surface area contributed by atoms with Crippen LogP contribution in [-0.2, 0) is 11.3 Å². The highest BCUT2D eigenvalue weighted by atomic mass is 19.3. The molecule has 130 valence electrons. The number of aromatic nitrogens is 4. The van der Waals surface area contributed by atoms with Gasteiger partial charge in [-0.2, -0.15) is 10.1 Å². The smallest absolute Gasteiger partial charge is 0.248 e. The van der Waals surface area contributed by atoms with Crippen molar-refractivity contribution in [3.8, 4) is 5.82 Å². The highest BCUT2D eigenvalue weighted by molar-refractivity contribution is 5.35. The molecular weight excluding hydrogens is 316 g/mol. The number of ether oxygens (including phenoxy) is 1. The molecule has 0 saturated heterocycles. The molecule has 1 fully saturated rings. The van der Waals surface area contributed by atoms with Crippen molar-refractivity contribution in [3.63, 3.8) is 0 Å². The number of methoxy groups -OCH3 is 1. The summed E-state index contributed by atoms with van der Waals surface area (Å²) in [5.41, 5.74) is 1.59. The first-order valence-corrected chi connectivity index (χ1v) is 7.99. The minimum atomic E-state index is -2.55. The van der Waals surface area contributed by atoms with Gasteiger partial charge in [-0.05, 0) is 25.8 Å². The zero-order chi connectivity index (χ0) is 17.2. The van der Waals surface area contributed by atoms with Crippen molar-refractivity contribution in [3.05, 3.63) is 29.7 Å². The zero-order valence-electron chi connectivity index (χ0n) is 13.8. The van der Waals surface area contributed by atoms with Crippen LogP contribution in [0, 0.1) is 6.92 Å². The van der Waals surface area contributed by atoms with Gasteiger partial charge in [-0.1, -0.05) is 0 Å². The molecule has 1 aliphatic rings. The molecule has 2 aromatic heterocycles. The summed E-state index contributed by atoms with van der Waals surface area (Å²) in [7, 11) is 1.59. The number of halogens is 2. The molecule has 0 atom stereocenters. The van der Waals surface area contributed by atoms with Crippen molar-refractivity contribution >= 4 is 5.95 Å². The van der Waals surface area contributed by atoms with E-state index in [9.17, 15) is 8.78 Å². The van der Waals surface area contributed by atoms with Crippen LogP contribution in [-0.4, -0.2) is 38.8 Å². The summed E-state index contributed by atoms with van der Waals surface area (Å²) < 4.78 is 33.4. The van der Waals surface area contributed by atoms with Crippen molar-refractivity contribution in [2.24, 2.45) is 0 Å². The minimum absolute atomic E-state index is 0.0466. The first-order chi connectivity index (χ1) is 11.4. The van der Waals surface area contributed by atoms with Gasteiger partial charge >= 0.3 is 0 Å². The van der Waals surface area contributed by atoms with E-state index in [2.05, 4.69) is 20.4 Å². The molecule has 1 aliphatic carbocycles. The molecule has 0 aromatic carbocycles. The first kappa shape index (κ1) is 16.8. The second-order valence-electron chi connectivity index (χ2n) is 6.15. The predicted molar refractivity (Wildman–Crippen MR) is 85.4 cm³/mol. The Kier molecular flexibility index (Phi) is 4.75. The number of nitrogens with zero attached hydrogens (tertiary/aromatic N) is 4. The Labute approximate surface area is 139 Å². The molecule has 0 bridgehead atoms. The summed E-state index contributed by atoms with van der Waals surface area (Å²) in [4.78, 5) is 8.87. The molecule has 0 spiro atoms. The van der Waals surface area contributed by atoms with Gasteiger partial charge in [0.15, 0.2) is 5.82 Å². The van der Waals surface area contributed by atoms with Crippen LogP contribution in [0.4, 0.5) is 14.7 Å². The maximum Gasteiger partial charge on any atom is 0.248 e. The lowest BCUT2D eigenvalue weighted by atomic mass is 9.92. The number of hydrogen-bond acceptors (Lipinski definition) is 5. The van der Waals surface area contributed by atoms with Crippen LogP contribution in [0.5, 0.6) is 0 Å². The van der Waals surface area contributed by atoms with Crippen LogP contribution >= 0.6 is 0 Å². The topological polar surface area (TPSA) is 64.9 Å². The van der Waals surface area contributed by atoms with Gasteiger partial charge in [-0.25, -0.2) is 18.4 Å². The van der Waals surface area contributed by atoms with Gasteiger partial charge in [-0.3, -0.25) is 0 Å². The molecule has 1 N–H and O–H groups in total. The average molecular weight is 337 g/mol. The van der Waals surface area contributed by atoms with E-state index in [1.54, 1.807) is 17.9 Å². The van der Waals surface area contributed by atoms with Crippen molar-refractivity contribution < 1.29 is 13.5 Å². The lowest BCUT2D eigenvalue weighted by molar-refractivity contribution is -0.0361. The van der Waals surface area contributed by atoms with E-state index in [4.69, 9.17) is 4.74 Å². The summed E-state index contributed by atoms with van der Waals surface area (Å²) in [5, 5.41) is 7.53. The minimum Gasteiger partial charge on any atom is -0.378 e. The molecule has 3 rings (SSSR count). The van der Waals surface area contributed by atoms with Crippen molar-refractivity contribution in [1.82, 2.24) is 19.7 Å². The molecule has 0 radical (unpaired) electrons. The second-order valence-corrected chi connectivity index (χ2v) is 6.15. The van der Waals surface area contributed by atoms with E-state index >= 15 is 0 Å². The fourth-order valence-corrected chi connectivity index (χ4v) is 2.80. The Morgan fingerprint density at radius 3 is 2.71 bits per heavy atom. The molecule has 24 heavy (non-hydrogen) atoms. The van der Waals surface area contributed by atoms with Gasteiger partial charge < -0.3 is 10.1 Å². The van der Waals surface area contributed by atoms with Crippen LogP contribution in [0.1, 0.15) is 37.1 Å². The van der Waals surface area contributed by atoms with Crippen LogP contribution in [0.15, 0.2) is 18.3 Å². The largest absolute Gasteiger partial charge is 0.378 e. The summed E-state index contributed by atoms with van der Waals surface area (Å²) in [6, 6.07) is 3.64. The Hall–Kier alpha value is -2.09. The van der Waals surface area contributed by atoms with Crippen LogP contribution < -0.4 is 5.32 Å². The summed E-state index contributed by atoms with van der Waals surface area (Å²) in [6.45, 7) is 2.24. The van der Waals surface area contributed by atoms with Gasteiger partial charge in [0.2, 0.25) is 11.9 Å². The number of nitrogens with one attached hydrogen (secondary N) is 1. The molecule has 2 heterocycles. The zero-order valence-corrected chi connectivity index (χ0v) is 13.8. The number of alkyl halides is 2. The number of aryl methyl sites for hydroxylation is 1. The van der Waals surface area contributed by atoms with Crippen LogP contribution in [0.25, 0.3) is 5.82 Å². The third-order valence-electron chi connectivity index (χ3n) is 4.07. The second kappa shape index (κ2) is 6.80. The Bertz CT molecular complexity index is 694. The number of anilines is 1. The SMILES string of the molecule is COCc1cc(-n2ccc(C)n2)nc(NC2CCC(F)(F)CC2)n1. The monoisotopic (exact) mass is 337 g/mol. The highest BCUT2D eigenvalue weighted by Gasteiger charge is 2.35. The Balaban J connectivity index is 1.80. The van der Waals surface area contributed by atoms with E-state index in [-0.39, 0.29) is 18.9 Å². The summed E-state index contributed by atoms with van der Waals surface area (Å²) in [5.74, 6) is -1.51. The molecule has 0 aliphatic heterocycles. The Morgan fingerprint density at radius 1 is 1.33 bits per heavy atom. The van der Waals surface area contributed by atoms with E-state index in [0.29, 0.717) is 36.9 Å². The molecule has 2 aromatic rings. The first-order valence-electron chi connectivity index (χ1n) is 7.99. The molecule has 0 unspecified atom stereocenters. The molecule has 0 amide bonds. The van der Waals surface area contributed by atoms with Gasteiger partial charge in [-0.15, -0.1) is 0 Å². The van der Waals surface area contributed by atoms with Crippen molar-refractivity contribution in [2.45, 2.75) is 51.2 Å². The predicted octanol–water partition coefficient (Wildman–Crippen LogP) is 3.11. The normalized spacial score (nSPS) is 17.8. The Morgan fingerprint density at radius 2 is 2.08 bits per heavy atom. The van der Waals surface area contributed by atoms with Crippen LogP contribution in [0.2, 0.25) is 0 Å². The number of hydrogen-bond donors (Lipinski definition) is 1. The maximum absolute atomic E-state index is 13.3. The fourth-order valence-electron chi connectivity index (χ4n) is 2.80. The fraction of sp³-hybridized carbons (Fsp3) is 0.562. The average Bonchev–Trinajstić information content (AvgIpc) is 2.96. The molecule has 8 heteroatoms. The van der Waals surface area contributed by atoms with Crippen molar-refractivity contribution in [1.29, 1.82) is 0 Å². The van der Waals surface area contributed by atoms with Gasteiger partial charge in [0.25, 0.3) is 0 Å². The summed E-state index contributed by atoms with van der Waals surface area (Å²) in [6.07, 6.45) is 2.42. The standard InChI is InChI=1S/C16H21F2N5O/c1-11-5-8-23(22-11)14-9-13(10-24-2)20-15(21-14)19-12-3-6-16(17,18)7-4-12/h5,8-9,12H,3-4,6-7,10H2,1-2H3,(H,19,20,21). The van der Waals surface area contributed by atoms with Gasteiger partial charge in [0.1, 0.15) is 0 Å². The van der Waals surface area contributed by atoms with E-state index in [1.165, 1.54) is 0 Å². The summed E-state index contributed by atoms with van der Waals surface area (Å²) >= 11 is 0. The lowest BCUT2D eigenvalue weighted by Crippen LogP contribution is -2.32. The maximum atomic E-state index is 13.3. The van der Waals surface area contributed by atoms with E-state index in [0.717, 1.165) is 5.69 Å². The third-order valence-corrected chi connectivity index (χ3v) is 4.07. The molecule has 6 nitrogen and oxygen atoms in total. The van der Waals surface area contributed by atoms with E-state index in [1.807, 2.05) is 19.2 Å². The lowest BCUT2D eigenvalue weighted by Gasteiger charge is -2.28. The molecule has 1 saturated carbocycles.